The topological polar surface area (TPSA) is 9.23 Å². The largest absolute Gasteiger partial charge is 0.497 e. The second kappa shape index (κ2) is 7.24. The standard InChI is InChI=1S/C19H21OP/c1-4-18(14-8-6-10-16(12-14)20-3)19(5-2)15-9-7-11-17(21)13-15/h4-13H,21H2,1-3H3/b18-4-,19-5-. The lowest BCUT2D eigenvalue weighted by Crippen LogP contribution is -1.96. The van der Waals surface area contributed by atoms with Crippen LogP contribution in [0.2, 0.25) is 0 Å². The molecule has 0 amide bonds. The number of hydrogen-bond donors (Lipinski definition) is 0. The van der Waals surface area contributed by atoms with E-state index in [1.165, 1.54) is 27.6 Å². The van der Waals surface area contributed by atoms with Gasteiger partial charge in [-0.2, -0.15) is 0 Å². The summed E-state index contributed by atoms with van der Waals surface area (Å²) in [5.74, 6) is 0.877. The number of allylic oxidation sites excluding steroid dienone is 4. The van der Waals surface area contributed by atoms with Crippen molar-refractivity contribution in [1.29, 1.82) is 0 Å². The van der Waals surface area contributed by atoms with Crippen LogP contribution in [0.3, 0.4) is 0 Å². The monoisotopic (exact) mass is 296 g/mol. The highest BCUT2D eigenvalue weighted by molar-refractivity contribution is 7.27. The summed E-state index contributed by atoms with van der Waals surface area (Å²) in [4.78, 5) is 0. The van der Waals surface area contributed by atoms with Gasteiger partial charge in [-0.05, 0) is 59.6 Å². The summed E-state index contributed by atoms with van der Waals surface area (Å²) in [5, 5.41) is 1.19. The average Bonchev–Trinajstić information content (AvgIpc) is 2.52. The lowest BCUT2D eigenvalue weighted by molar-refractivity contribution is 0.414. The molecule has 0 saturated heterocycles. The fraction of sp³-hybridized carbons (Fsp3) is 0.158. The smallest absolute Gasteiger partial charge is 0.119 e. The maximum absolute atomic E-state index is 5.34. The van der Waals surface area contributed by atoms with Gasteiger partial charge in [-0.1, -0.05) is 42.5 Å². The molecule has 1 nitrogen and oxygen atoms in total. The highest BCUT2D eigenvalue weighted by atomic mass is 31.0. The molecule has 2 aromatic carbocycles. The molecular formula is C19H21OP. The van der Waals surface area contributed by atoms with E-state index < -0.39 is 0 Å². The third-order valence-electron chi connectivity index (χ3n) is 3.45. The predicted molar refractivity (Wildman–Crippen MR) is 96.1 cm³/mol. The first-order valence-corrected chi connectivity index (χ1v) is 7.60. The van der Waals surface area contributed by atoms with Gasteiger partial charge in [-0.15, -0.1) is 9.24 Å². The van der Waals surface area contributed by atoms with Gasteiger partial charge in [0, 0.05) is 0 Å². The van der Waals surface area contributed by atoms with Gasteiger partial charge in [0.15, 0.2) is 0 Å². The van der Waals surface area contributed by atoms with Crippen molar-refractivity contribution in [2.45, 2.75) is 13.8 Å². The Kier molecular flexibility index (Phi) is 5.36. The molecule has 0 aliphatic carbocycles. The highest BCUT2D eigenvalue weighted by Gasteiger charge is 2.10. The molecule has 0 aliphatic heterocycles. The van der Waals surface area contributed by atoms with Crippen molar-refractivity contribution in [3.05, 3.63) is 71.8 Å². The van der Waals surface area contributed by atoms with Crippen molar-refractivity contribution in [3.63, 3.8) is 0 Å². The number of methoxy groups -OCH3 is 1. The van der Waals surface area contributed by atoms with Gasteiger partial charge in [0.05, 0.1) is 7.11 Å². The molecule has 1 unspecified atom stereocenters. The molecule has 2 rings (SSSR count). The van der Waals surface area contributed by atoms with Crippen LogP contribution in [0.25, 0.3) is 11.1 Å². The van der Waals surface area contributed by atoms with E-state index in [0.29, 0.717) is 0 Å². The molecule has 0 spiro atoms. The van der Waals surface area contributed by atoms with Crippen LogP contribution in [0.4, 0.5) is 0 Å². The molecule has 0 heterocycles. The molecule has 2 aromatic rings. The number of rotatable bonds is 4. The van der Waals surface area contributed by atoms with Crippen LogP contribution in [-0.2, 0) is 0 Å². The molecule has 0 aromatic heterocycles. The molecule has 21 heavy (non-hydrogen) atoms. The van der Waals surface area contributed by atoms with Crippen LogP contribution >= 0.6 is 9.24 Å². The second-order valence-electron chi connectivity index (χ2n) is 4.76. The fourth-order valence-electron chi connectivity index (χ4n) is 2.45. The molecule has 0 aliphatic rings. The maximum Gasteiger partial charge on any atom is 0.119 e. The zero-order valence-electron chi connectivity index (χ0n) is 12.8. The molecule has 2 heteroatoms. The van der Waals surface area contributed by atoms with E-state index in [1.807, 2.05) is 12.1 Å². The third kappa shape index (κ3) is 3.62. The second-order valence-corrected chi connectivity index (χ2v) is 5.43. The third-order valence-corrected chi connectivity index (χ3v) is 3.81. The molecule has 0 bridgehead atoms. The van der Waals surface area contributed by atoms with Crippen LogP contribution in [0.15, 0.2) is 60.7 Å². The Balaban J connectivity index is 2.48. The molecule has 1 atom stereocenters. The summed E-state index contributed by atoms with van der Waals surface area (Å²) in [7, 11) is 4.45. The Hall–Kier alpha value is -1.85. The zero-order chi connectivity index (χ0) is 15.2. The minimum absolute atomic E-state index is 0.877. The maximum atomic E-state index is 5.34. The van der Waals surface area contributed by atoms with Crippen molar-refractivity contribution in [2.24, 2.45) is 0 Å². The van der Waals surface area contributed by atoms with Crippen LogP contribution in [0.5, 0.6) is 5.75 Å². The normalized spacial score (nSPS) is 12.4. The first-order chi connectivity index (χ1) is 10.2. The van der Waals surface area contributed by atoms with Crippen molar-refractivity contribution in [1.82, 2.24) is 0 Å². The summed E-state index contributed by atoms with van der Waals surface area (Å²) in [6, 6.07) is 16.7. The molecule has 0 N–H and O–H groups in total. The fourth-order valence-corrected chi connectivity index (χ4v) is 2.74. The lowest BCUT2D eigenvalue weighted by atomic mass is 9.92. The van der Waals surface area contributed by atoms with Gasteiger partial charge in [0.25, 0.3) is 0 Å². The molecule has 0 saturated carbocycles. The van der Waals surface area contributed by atoms with Crippen molar-refractivity contribution >= 4 is 25.7 Å². The van der Waals surface area contributed by atoms with Crippen molar-refractivity contribution < 1.29 is 4.74 Å². The lowest BCUT2D eigenvalue weighted by Gasteiger charge is -2.14. The molecule has 0 radical (unpaired) electrons. The van der Waals surface area contributed by atoms with E-state index >= 15 is 0 Å². The minimum atomic E-state index is 0.877. The van der Waals surface area contributed by atoms with Crippen LogP contribution < -0.4 is 10.0 Å². The Morgan fingerprint density at radius 1 is 0.905 bits per heavy atom. The summed E-state index contributed by atoms with van der Waals surface area (Å²) >= 11 is 0. The average molecular weight is 296 g/mol. The number of ether oxygens (including phenoxy) is 1. The van der Waals surface area contributed by atoms with Gasteiger partial charge in [0.2, 0.25) is 0 Å². The van der Waals surface area contributed by atoms with Gasteiger partial charge in [-0.3, -0.25) is 0 Å². The SMILES string of the molecule is C/C=C(\C(=C/C)c1cccc(OC)c1)c1cccc(P)c1. The van der Waals surface area contributed by atoms with Crippen LogP contribution in [0, 0.1) is 0 Å². The van der Waals surface area contributed by atoms with Gasteiger partial charge < -0.3 is 4.74 Å². The Morgan fingerprint density at radius 3 is 2.00 bits per heavy atom. The Morgan fingerprint density at radius 2 is 1.48 bits per heavy atom. The van der Waals surface area contributed by atoms with Gasteiger partial charge in [-0.25, -0.2) is 0 Å². The molecular weight excluding hydrogens is 275 g/mol. The molecule has 0 fully saturated rings. The van der Waals surface area contributed by atoms with E-state index in [1.54, 1.807) is 7.11 Å². The van der Waals surface area contributed by atoms with E-state index in [9.17, 15) is 0 Å². The summed E-state index contributed by atoms with van der Waals surface area (Å²) in [6.07, 6.45) is 4.31. The van der Waals surface area contributed by atoms with Gasteiger partial charge >= 0.3 is 0 Å². The quantitative estimate of drug-likeness (QED) is 0.587. The first-order valence-electron chi connectivity index (χ1n) is 7.03. The van der Waals surface area contributed by atoms with Crippen molar-refractivity contribution in [3.8, 4) is 5.75 Å². The number of hydrogen-bond acceptors (Lipinski definition) is 1. The van der Waals surface area contributed by atoms with E-state index in [4.69, 9.17) is 4.74 Å². The highest BCUT2D eigenvalue weighted by Crippen LogP contribution is 2.32. The van der Waals surface area contributed by atoms with Crippen LogP contribution in [0.1, 0.15) is 25.0 Å². The van der Waals surface area contributed by atoms with Crippen molar-refractivity contribution in [2.75, 3.05) is 7.11 Å². The number of benzene rings is 2. The summed E-state index contributed by atoms with van der Waals surface area (Å²) in [5.41, 5.74) is 4.84. The Labute approximate surface area is 129 Å². The van der Waals surface area contributed by atoms with E-state index in [2.05, 4.69) is 71.6 Å². The first kappa shape index (κ1) is 15.5. The molecule has 108 valence electrons. The Bertz CT molecular complexity index is 683. The zero-order valence-corrected chi connectivity index (χ0v) is 13.9. The van der Waals surface area contributed by atoms with E-state index in [0.717, 1.165) is 5.75 Å². The minimum Gasteiger partial charge on any atom is -0.497 e. The predicted octanol–water partition coefficient (Wildman–Crippen LogP) is 4.70. The summed E-state index contributed by atoms with van der Waals surface area (Å²) in [6.45, 7) is 4.15. The summed E-state index contributed by atoms with van der Waals surface area (Å²) < 4.78 is 5.34. The van der Waals surface area contributed by atoms with Gasteiger partial charge in [0.1, 0.15) is 5.75 Å². The van der Waals surface area contributed by atoms with Crippen LogP contribution in [-0.4, -0.2) is 7.11 Å². The van der Waals surface area contributed by atoms with E-state index in [-0.39, 0.29) is 0 Å².